The predicted molar refractivity (Wildman–Crippen MR) is 132 cm³/mol. The third-order valence-corrected chi connectivity index (χ3v) is 6.74. The van der Waals surface area contributed by atoms with Crippen molar-refractivity contribution in [1.82, 2.24) is 0 Å². The maximum atomic E-state index is 12.8. The fourth-order valence-electron chi connectivity index (χ4n) is 4.95. The monoisotopic (exact) mass is 455 g/mol. The van der Waals surface area contributed by atoms with Crippen LogP contribution in [0.2, 0.25) is 0 Å². The lowest BCUT2D eigenvalue weighted by atomic mass is 9.76. The van der Waals surface area contributed by atoms with E-state index in [0.717, 1.165) is 16.9 Å². The Bertz CT molecular complexity index is 1300. The molecule has 34 heavy (non-hydrogen) atoms. The lowest BCUT2D eigenvalue weighted by Gasteiger charge is -2.47. The first-order valence-corrected chi connectivity index (χ1v) is 11.2. The molecule has 0 saturated carbocycles. The van der Waals surface area contributed by atoms with Gasteiger partial charge in [0.2, 0.25) is 11.6 Å². The number of rotatable bonds is 5. The first-order valence-electron chi connectivity index (χ1n) is 11.2. The number of ether oxygens (including phenoxy) is 1. The Labute approximate surface area is 197 Å². The fraction of sp³-hybridized carbons (Fsp3) is 0.222. The highest BCUT2D eigenvalue weighted by molar-refractivity contribution is 5.91. The summed E-state index contributed by atoms with van der Waals surface area (Å²) in [5.41, 5.74) is 2.24. The van der Waals surface area contributed by atoms with Crippen molar-refractivity contribution >= 4 is 29.0 Å². The van der Waals surface area contributed by atoms with Crippen molar-refractivity contribution in [3.63, 3.8) is 0 Å². The smallest absolute Gasteiger partial charge is 0.270 e. The van der Waals surface area contributed by atoms with Crippen molar-refractivity contribution in [3.05, 3.63) is 100 Å². The number of fused-ring (bicyclic) bond motifs is 2. The van der Waals surface area contributed by atoms with Crippen LogP contribution in [0, 0.1) is 10.1 Å². The van der Waals surface area contributed by atoms with Crippen LogP contribution in [0.3, 0.4) is 0 Å². The van der Waals surface area contributed by atoms with Crippen LogP contribution in [-0.4, -0.2) is 23.1 Å². The number of nitrogens with one attached hydrogen (secondary N) is 1. The Balaban J connectivity index is 1.48. The molecule has 0 bridgehead atoms. The van der Waals surface area contributed by atoms with Crippen LogP contribution < -0.4 is 15.0 Å². The molecule has 2 aliphatic rings. The standard InChI is InChI=1S/C27H25N3O4/c1-26(2)22-10-6-7-11-23(22)29(17-15-25(31)28-20-8-4-3-5-9-20)27(26)16-14-19-18-21(30(32)33)12-13-24(19)34-27/h3-14,16,18H,15,17H2,1-2H3,(H,28,31). The van der Waals surface area contributed by atoms with Gasteiger partial charge in [0.1, 0.15) is 5.75 Å². The number of nitro groups is 1. The minimum atomic E-state index is -0.882. The third-order valence-electron chi connectivity index (χ3n) is 6.74. The van der Waals surface area contributed by atoms with Crippen LogP contribution in [0.4, 0.5) is 17.1 Å². The van der Waals surface area contributed by atoms with E-state index >= 15 is 0 Å². The molecular weight excluding hydrogens is 430 g/mol. The Kier molecular flexibility index (Phi) is 5.12. The van der Waals surface area contributed by atoms with Gasteiger partial charge < -0.3 is 15.0 Å². The highest BCUT2D eigenvalue weighted by Gasteiger charge is 2.58. The molecule has 0 aromatic heterocycles. The number of para-hydroxylation sites is 2. The molecular formula is C27H25N3O4. The topological polar surface area (TPSA) is 84.7 Å². The maximum Gasteiger partial charge on any atom is 0.270 e. The quantitative estimate of drug-likeness (QED) is 0.404. The Hall–Kier alpha value is -4.13. The van der Waals surface area contributed by atoms with E-state index in [0.29, 0.717) is 17.9 Å². The van der Waals surface area contributed by atoms with Crippen LogP contribution in [0.5, 0.6) is 5.75 Å². The van der Waals surface area contributed by atoms with Gasteiger partial charge in [0.25, 0.3) is 5.69 Å². The predicted octanol–water partition coefficient (Wildman–Crippen LogP) is 5.52. The second-order valence-corrected chi connectivity index (χ2v) is 9.07. The molecule has 2 heterocycles. The second kappa shape index (κ2) is 8.02. The SMILES string of the molecule is CC1(C)c2ccccc2N(CCC(=O)Nc2ccccc2)C12C=Cc1cc([N+](=O)[O-])ccc1O2. The molecule has 0 fully saturated rings. The summed E-state index contributed by atoms with van der Waals surface area (Å²) >= 11 is 0. The summed E-state index contributed by atoms with van der Waals surface area (Å²) in [6.45, 7) is 4.68. The summed E-state index contributed by atoms with van der Waals surface area (Å²) < 4.78 is 6.66. The van der Waals surface area contributed by atoms with Crippen molar-refractivity contribution in [2.75, 3.05) is 16.8 Å². The van der Waals surface area contributed by atoms with E-state index in [2.05, 4.69) is 30.1 Å². The largest absolute Gasteiger partial charge is 0.463 e. The molecule has 172 valence electrons. The molecule has 0 aliphatic carbocycles. The van der Waals surface area contributed by atoms with Crippen molar-refractivity contribution in [3.8, 4) is 5.75 Å². The van der Waals surface area contributed by atoms with E-state index in [1.54, 1.807) is 6.07 Å². The molecule has 1 N–H and O–H groups in total. The number of hydrogen-bond donors (Lipinski definition) is 1. The van der Waals surface area contributed by atoms with Gasteiger partial charge in [-0.25, -0.2) is 0 Å². The number of anilines is 2. The van der Waals surface area contributed by atoms with Crippen molar-refractivity contribution < 1.29 is 14.5 Å². The number of hydrogen-bond acceptors (Lipinski definition) is 5. The van der Waals surface area contributed by atoms with E-state index in [1.165, 1.54) is 12.1 Å². The van der Waals surface area contributed by atoms with Crippen molar-refractivity contribution in [2.24, 2.45) is 0 Å². The number of carbonyl (C=O) groups excluding carboxylic acids is 1. The molecule has 1 amide bonds. The first kappa shape index (κ1) is 21.7. The van der Waals surface area contributed by atoms with Gasteiger partial charge in [0.15, 0.2) is 0 Å². The van der Waals surface area contributed by atoms with Gasteiger partial charge in [-0.15, -0.1) is 0 Å². The fourth-order valence-corrected chi connectivity index (χ4v) is 4.95. The summed E-state index contributed by atoms with van der Waals surface area (Å²) in [7, 11) is 0. The number of non-ortho nitro benzene ring substituents is 1. The van der Waals surface area contributed by atoms with Crippen LogP contribution >= 0.6 is 0 Å². The molecule has 1 atom stereocenters. The molecule has 0 saturated heterocycles. The summed E-state index contributed by atoms with van der Waals surface area (Å²) in [4.78, 5) is 25.7. The molecule has 0 radical (unpaired) electrons. The minimum absolute atomic E-state index is 0.0198. The van der Waals surface area contributed by atoms with Gasteiger partial charge in [-0.3, -0.25) is 14.9 Å². The van der Waals surface area contributed by atoms with Gasteiger partial charge in [0.05, 0.1) is 10.3 Å². The van der Waals surface area contributed by atoms with E-state index in [1.807, 2.05) is 60.7 Å². The maximum absolute atomic E-state index is 12.8. The van der Waals surface area contributed by atoms with Crippen molar-refractivity contribution in [2.45, 2.75) is 31.4 Å². The molecule has 7 nitrogen and oxygen atoms in total. The lowest BCUT2D eigenvalue weighted by molar-refractivity contribution is -0.384. The number of nitro benzene ring substituents is 1. The molecule has 3 aromatic rings. The van der Waals surface area contributed by atoms with E-state index in [4.69, 9.17) is 4.74 Å². The average Bonchev–Trinajstić information content (AvgIpc) is 3.01. The molecule has 1 unspecified atom stereocenters. The van der Waals surface area contributed by atoms with E-state index < -0.39 is 16.1 Å². The Morgan fingerprint density at radius 2 is 1.79 bits per heavy atom. The highest BCUT2D eigenvalue weighted by Crippen LogP contribution is 2.55. The van der Waals surface area contributed by atoms with E-state index in [-0.39, 0.29) is 18.0 Å². The minimum Gasteiger partial charge on any atom is -0.463 e. The normalized spacial score (nSPS) is 19.3. The number of benzene rings is 3. The zero-order chi connectivity index (χ0) is 23.9. The number of amides is 1. The summed E-state index contributed by atoms with van der Waals surface area (Å²) in [5.74, 6) is 0.493. The molecule has 5 rings (SSSR count). The lowest BCUT2D eigenvalue weighted by Crippen LogP contribution is -2.60. The molecule has 1 spiro atoms. The van der Waals surface area contributed by atoms with Crippen LogP contribution in [0.15, 0.2) is 78.9 Å². The van der Waals surface area contributed by atoms with Gasteiger partial charge in [-0.2, -0.15) is 0 Å². The third kappa shape index (κ3) is 3.41. The van der Waals surface area contributed by atoms with Crippen LogP contribution in [-0.2, 0) is 10.2 Å². The Morgan fingerprint density at radius 1 is 1.06 bits per heavy atom. The molecule has 3 aromatic carbocycles. The zero-order valence-corrected chi connectivity index (χ0v) is 19.0. The zero-order valence-electron chi connectivity index (χ0n) is 19.0. The second-order valence-electron chi connectivity index (χ2n) is 9.07. The van der Waals surface area contributed by atoms with Crippen molar-refractivity contribution in [1.29, 1.82) is 0 Å². The van der Waals surface area contributed by atoms with Gasteiger partial charge in [0, 0.05) is 42.0 Å². The van der Waals surface area contributed by atoms with Gasteiger partial charge in [-0.05, 0) is 55.8 Å². The van der Waals surface area contributed by atoms with Crippen LogP contribution in [0.1, 0.15) is 31.4 Å². The average molecular weight is 456 g/mol. The molecule has 2 aliphatic heterocycles. The first-order chi connectivity index (χ1) is 16.3. The summed E-state index contributed by atoms with van der Waals surface area (Å²) in [5, 5.41) is 14.2. The summed E-state index contributed by atoms with van der Waals surface area (Å²) in [6, 6.07) is 22.1. The summed E-state index contributed by atoms with van der Waals surface area (Å²) in [6.07, 6.45) is 4.12. The van der Waals surface area contributed by atoms with E-state index in [9.17, 15) is 14.9 Å². The van der Waals surface area contributed by atoms with Gasteiger partial charge >= 0.3 is 0 Å². The molecule has 7 heteroatoms. The Morgan fingerprint density at radius 3 is 2.56 bits per heavy atom. The highest BCUT2D eigenvalue weighted by atomic mass is 16.6. The number of nitrogens with zero attached hydrogens (tertiary/aromatic N) is 2. The van der Waals surface area contributed by atoms with Crippen LogP contribution in [0.25, 0.3) is 6.08 Å². The van der Waals surface area contributed by atoms with Gasteiger partial charge in [-0.1, -0.05) is 36.4 Å². The number of carbonyl (C=O) groups is 1.